The summed E-state index contributed by atoms with van der Waals surface area (Å²) in [5.41, 5.74) is 0. The van der Waals surface area contributed by atoms with E-state index in [1.165, 1.54) is 70.6 Å². The minimum atomic E-state index is 0. The first kappa shape index (κ1) is 23.2. The summed E-state index contributed by atoms with van der Waals surface area (Å²) in [5, 5.41) is 0. The molecule has 0 aliphatic carbocycles. The van der Waals surface area contributed by atoms with Gasteiger partial charge >= 0.3 is 59.1 Å². The van der Waals surface area contributed by atoms with Gasteiger partial charge in [-0.05, 0) is 0 Å². The number of hydrogen-bond donors (Lipinski definition) is 1. The Morgan fingerprint density at radius 1 is 0.600 bits per heavy atom. The van der Waals surface area contributed by atoms with Crippen molar-refractivity contribution in [3.05, 3.63) is 0 Å². The standard InChI is InChI=1S/B12H14S.2Na.2H/c1-2-3-4-5-6-7-8-9-10-11-12-13;;;;/h2-13H,1H2;;;;. The monoisotopic (exact) mass is 226 g/mol. The number of hydrogen-bond acceptors (Lipinski definition) is 1. The van der Waals surface area contributed by atoms with Gasteiger partial charge in [-0.25, -0.2) is 12.5 Å². The third kappa shape index (κ3) is 22.7. The molecule has 0 saturated carbocycles. The van der Waals surface area contributed by atoms with Gasteiger partial charge in [0.15, 0.2) is 0 Å². The van der Waals surface area contributed by atoms with E-state index in [2.05, 4.69) is 20.2 Å². The van der Waals surface area contributed by atoms with E-state index in [0.29, 0.717) is 0 Å². The van der Waals surface area contributed by atoms with Gasteiger partial charge in [-0.1, -0.05) is 0 Å². The van der Waals surface area contributed by atoms with Crippen LogP contribution in [0.25, 0.3) is 0 Å². The van der Waals surface area contributed by atoms with Crippen molar-refractivity contribution >= 4 is 156 Å². The molecule has 15 heavy (non-hydrogen) atoms. The van der Waals surface area contributed by atoms with E-state index in [1.807, 2.05) is 0 Å². The Kier molecular flexibility index (Phi) is 34.6. The van der Waals surface area contributed by atoms with Crippen molar-refractivity contribution < 1.29 is 0 Å². The van der Waals surface area contributed by atoms with Crippen LogP contribution in [0.2, 0.25) is 0 Å². The van der Waals surface area contributed by atoms with Crippen LogP contribution in [0.4, 0.5) is 0 Å². The summed E-state index contributed by atoms with van der Waals surface area (Å²) in [6.45, 7) is 0. The van der Waals surface area contributed by atoms with Gasteiger partial charge in [-0.2, -0.15) is 0 Å². The quantitative estimate of drug-likeness (QED) is 0.212. The Morgan fingerprint density at radius 3 is 1.27 bits per heavy atom. The van der Waals surface area contributed by atoms with E-state index in [0.717, 1.165) is 6.45 Å². The number of rotatable bonds is 10. The molecule has 0 unspecified atom stereocenters. The van der Waals surface area contributed by atoms with Gasteiger partial charge in [0.25, 0.3) is 0 Å². The molecule has 0 aliphatic rings. The molecule has 0 aliphatic heterocycles. The molecule has 0 nitrogen and oxygen atoms in total. The van der Waals surface area contributed by atoms with E-state index in [9.17, 15) is 0 Å². The van der Waals surface area contributed by atoms with Gasteiger partial charge in [0, 0.05) is 63.5 Å². The van der Waals surface area contributed by atoms with Crippen LogP contribution in [-0.2, 0) is 0 Å². The maximum absolute atomic E-state index is 4.20. The maximum atomic E-state index is 4.20. The summed E-state index contributed by atoms with van der Waals surface area (Å²) < 4.78 is 0. The molecule has 0 amide bonds. The predicted octanol–water partition coefficient (Wildman–Crippen LogP) is -8.97. The van der Waals surface area contributed by atoms with E-state index < -0.39 is 0 Å². The van der Waals surface area contributed by atoms with Crippen LogP contribution in [0.3, 0.4) is 0 Å². The molecule has 0 aromatic carbocycles. The molecule has 60 valence electrons. The molecule has 0 N–H and O–H groups in total. The van der Waals surface area contributed by atoms with E-state index in [-0.39, 0.29) is 59.1 Å². The van der Waals surface area contributed by atoms with Crippen LogP contribution in [0.1, 0.15) is 0 Å². The summed E-state index contributed by atoms with van der Waals surface area (Å²) in [6.07, 6.45) is 1.07. The van der Waals surface area contributed by atoms with Crippen LogP contribution in [0.15, 0.2) is 0 Å². The van der Waals surface area contributed by atoms with Crippen LogP contribution in [0, 0.1) is 0 Å². The van der Waals surface area contributed by atoms with Crippen molar-refractivity contribution in [3.8, 4) is 0 Å². The van der Waals surface area contributed by atoms with E-state index in [1.54, 1.807) is 0 Å². The van der Waals surface area contributed by atoms with Crippen LogP contribution >= 0.6 is 12.5 Å². The van der Waals surface area contributed by atoms with Gasteiger partial charge < -0.3 is 0 Å². The Morgan fingerprint density at radius 2 is 0.933 bits per heavy atom. The second-order valence-corrected chi connectivity index (χ2v) is 4.35. The second kappa shape index (κ2) is 22.3. The Hall–Kier alpha value is 3.13. The summed E-state index contributed by atoms with van der Waals surface area (Å²) in [7, 11) is 16.5. The average Bonchev–Trinajstić information content (AvgIpc) is 2.16. The Labute approximate surface area is 154 Å². The number of thiol groups is 1. The van der Waals surface area contributed by atoms with E-state index >= 15 is 0 Å². The SMILES string of the molecule is BBBBBBBBBBBBS.[NaH].[NaH]. The van der Waals surface area contributed by atoms with E-state index in [4.69, 9.17) is 0 Å². The van der Waals surface area contributed by atoms with Gasteiger partial charge in [-0.15, -0.1) is 0 Å². The summed E-state index contributed by atoms with van der Waals surface area (Å²) in [4.78, 5) is 0. The van der Waals surface area contributed by atoms with Crippen molar-refractivity contribution in [2.75, 3.05) is 0 Å². The molecule has 0 spiro atoms. The fourth-order valence-corrected chi connectivity index (χ4v) is 1.82. The van der Waals surface area contributed by atoms with Crippen molar-refractivity contribution in [3.63, 3.8) is 0 Å². The summed E-state index contributed by atoms with van der Waals surface area (Å²) >= 11 is 4.20. The molecule has 0 aromatic rings. The van der Waals surface area contributed by atoms with Crippen molar-refractivity contribution in [2.24, 2.45) is 0 Å². The molecule has 0 fully saturated rings. The van der Waals surface area contributed by atoms with Crippen molar-refractivity contribution in [2.45, 2.75) is 0 Å². The van der Waals surface area contributed by atoms with Gasteiger partial charge in [0.2, 0.25) is 0 Å². The molecule has 0 aromatic heterocycles. The first-order valence-corrected chi connectivity index (χ1v) is 6.66. The first-order chi connectivity index (χ1) is 6.41. The zero-order valence-electron chi connectivity index (χ0n) is 9.23. The molecule has 0 saturated heterocycles. The molecule has 0 radical (unpaired) electrons. The molecule has 15 heteroatoms. The Bertz CT molecular complexity index is 79.7. The fourth-order valence-electron chi connectivity index (χ4n) is 1.60. The predicted molar refractivity (Wildman–Crippen MR) is 110 cm³/mol. The third-order valence-electron chi connectivity index (χ3n) is 2.51. The molecule has 0 bridgehead atoms. The molecule has 0 atom stereocenters. The average molecular weight is 224 g/mol. The van der Waals surface area contributed by atoms with Crippen molar-refractivity contribution in [1.29, 1.82) is 0 Å². The third-order valence-corrected chi connectivity index (χ3v) is 2.83. The zero-order valence-corrected chi connectivity index (χ0v) is 10.1. The summed E-state index contributed by atoms with van der Waals surface area (Å²) in [6, 6.07) is 0. The molecule has 0 rings (SSSR count). The first-order valence-electron chi connectivity index (χ1n) is 6.02. The Balaban J connectivity index is -0.000000720. The van der Waals surface area contributed by atoms with Crippen LogP contribution in [0.5, 0.6) is 0 Å². The van der Waals surface area contributed by atoms with Gasteiger partial charge in [0.1, 0.15) is 6.45 Å². The van der Waals surface area contributed by atoms with Gasteiger partial charge in [0.05, 0.1) is 14.8 Å². The zero-order chi connectivity index (χ0) is 9.78. The normalized spacial score (nSPS) is 6.20. The molecular weight excluding hydrogens is 208 g/mol. The van der Waals surface area contributed by atoms with Crippen LogP contribution < -0.4 is 0 Å². The second-order valence-electron chi connectivity index (χ2n) is 3.91. The topological polar surface area (TPSA) is 0 Å². The van der Waals surface area contributed by atoms with Crippen molar-refractivity contribution in [1.82, 2.24) is 0 Å². The fraction of sp³-hybridized carbons (Fsp3) is 0. The van der Waals surface area contributed by atoms with Gasteiger partial charge in [-0.3, -0.25) is 0 Å². The molecule has 0 heterocycles. The molecular formula is H16B12Na2S. The minimum absolute atomic E-state index is 0. The summed E-state index contributed by atoms with van der Waals surface area (Å²) in [5.74, 6) is 0. The van der Waals surface area contributed by atoms with Crippen LogP contribution in [-0.4, -0.2) is 144 Å².